The van der Waals surface area contributed by atoms with Crippen molar-refractivity contribution in [1.82, 2.24) is 19.4 Å². The second-order valence-corrected chi connectivity index (χ2v) is 8.48. The first kappa shape index (κ1) is 19.5. The number of nitrogens with zero attached hydrogens (tertiary/aromatic N) is 4. The normalized spacial score (nSPS) is 17.9. The summed E-state index contributed by atoms with van der Waals surface area (Å²) in [5.41, 5.74) is 0.709. The predicted molar refractivity (Wildman–Crippen MR) is 104 cm³/mol. The second kappa shape index (κ2) is 8.68. The molecule has 3 aromatic rings. The zero-order chi connectivity index (χ0) is 20.1. The lowest BCUT2D eigenvalue weighted by Crippen LogP contribution is -2.44. The van der Waals surface area contributed by atoms with Crippen LogP contribution in [0.1, 0.15) is 12.0 Å². The lowest BCUT2D eigenvalue weighted by atomic mass is 10.2. The molecule has 0 radical (unpaired) electrons. The minimum atomic E-state index is -3.51. The van der Waals surface area contributed by atoms with Crippen LogP contribution in [0.4, 0.5) is 0 Å². The van der Waals surface area contributed by atoms with E-state index < -0.39 is 16.1 Å². The predicted octanol–water partition coefficient (Wildman–Crippen LogP) is 1.91. The number of benzene rings is 1. The monoisotopic (exact) mass is 416 g/mol. The first-order chi connectivity index (χ1) is 14.1. The largest absolute Gasteiger partial charge is 0.492 e. The van der Waals surface area contributed by atoms with Crippen LogP contribution in [0.15, 0.2) is 59.4 Å². The minimum absolute atomic E-state index is 0.0695. The molecule has 2 aromatic heterocycles. The molecule has 1 fully saturated rings. The molecule has 9 nitrogen and oxygen atoms in total. The molecule has 3 heterocycles. The quantitative estimate of drug-likeness (QED) is 0.575. The van der Waals surface area contributed by atoms with Crippen LogP contribution in [0.25, 0.3) is 11.4 Å². The van der Waals surface area contributed by atoms with Gasteiger partial charge in [0.1, 0.15) is 12.4 Å². The van der Waals surface area contributed by atoms with Crippen molar-refractivity contribution in [3.8, 4) is 17.1 Å². The molecule has 1 aliphatic heterocycles. The molecule has 4 rings (SSSR count). The maximum atomic E-state index is 12.7. The van der Waals surface area contributed by atoms with Crippen LogP contribution in [0.3, 0.4) is 0 Å². The molecule has 0 aliphatic carbocycles. The Labute approximate surface area is 168 Å². The molecule has 0 saturated carbocycles. The zero-order valence-electron chi connectivity index (χ0n) is 15.5. The van der Waals surface area contributed by atoms with Gasteiger partial charge in [-0.3, -0.25) is 4.98 Å². The van der Waals surface area contributed by atoms with E-state index in [9.17, 15) is 8.42 Å². The first-order valence-corrected chi connectivity index (χ1v) is 10.7. The van der Waals surface area contributed by atoms with Gasteiger partial charge >= 0.3 is 0 Å². The second-order valence-electron chi connectivity index (χ2n) is 6.39. The topological polar surface area (TPSA) is 108 Å². The summed E-state index contributed by atoms with van der Waals surface area (Å²) in [6, 6.07) is 12.7. The van der Waals surface area contributed by atoms with Crippen molar-refractivity contribution < 1.29 is 22.4 Å². The van der Waals surface area contributed by atoms with E-state index in [2.05, 4.69) is 15.1 Å². The summed E-state index contributed by atoms with van der Waals surface area (Å²) < 4.78 is 43.2. The van der Waals surface area contributed by atoms with Crippen molar-refractivity contribution in [3.63, 3.8) is 0 Å². The molecular weight excluding hydrogens is 396 g/mol. The van der Waals surface area contributed by atoms with E-state index in [1.165, 1.54) is 4.31 Å². The fraction of sp³-hybridized carbons (Fsp3) is 0.316. The summed E-state index contributed by atoms with van der Waals surface area (Å²) in [5.74, 6) is 1.13. The summed E-state index contributed by atoms with van der Waals surface area (Å²) in [4.78, 5) is 8.36. The van der Waals surface area contributed by atoms with Crippen molar-refractivity contribution in [2.24, 2.45) is 0 Å². The molecule has 0 bridgehead atoms. The highest BCUT2D eigenvalue weighted by Crippen LogP contribution is 2.25. The Hall–Kier alpha value is -2.82. The van der Waals surface area contributed by atoms with Gasteiger partial charge in [-0.2, -0.15) is 9.29 Å². The van der Waals surface area contributed by atoms with Gasteiger partial charge in [0.2, 0.25) is 15.8 Å². The van der Waals surface area contributed by atoms with Gasteiger partial charge in [0.05, 0.1) is 12.4 Å². The van der Waals surface area contributed by atoms with Gasteiger partial charge in [0.25, 0.3) is 5.89 Å². The highest BCUT2D eigenvalue weighted by atomic mass is 32.2. The summed E-state index contributed by atoms with van der Waals surface area (Å²) in [6.45, 7) is 0.699. The maximum absolute atomic E-state index is 12.7. The Balaban J connectivity index is 1.38. The van der Waals surface area contributed by atoms with Crippen LogP contribution in [-0.4, -0.2) is 59.9 Å². The highest BCUT2D eigenvalue weighted by molar-refractivity contribution is 7.89. The van der Waals surface area contributed by atoms with E-state index in [-0.39, 0.29) is 37.9 Å². The molecule has 152 valence electrons. The molecule has 1 atom stereocenters. The summed E-state index contributed by atoms with van der Waals surface area (Å²) in [7, 11) is -3.51. The lowest BCUT2D eigenvalue weighted by Gasteiger charge is -2.30. The van der Waals surface area contributed by atoms with E-state index in [4.69, 9.17) is 14.0 Å². The van der Waals surface area contributed by atoms with E-state index in [1.807, 2.05) is 24.3 Å². The van der Waals surface area contributed by atoms with E-state index >= 15 is 0 Å². The molecule has 1 saturated heterocycles. The lowest BCUT2D eigenvalue weighted by molar-refractivity contribution is -0.0200. The van der Waals surface area contributed by atoms with Crippen LogP contribution in [0.2, 0.25) is 0 Å². The van der Waals surface area contributed by atoms with Crippen molar-refractivity contribution >= 4 is 10.0 Å². The van der Waals surface area contributed by atoms with Gasteiger partial charge in [-0.25, -0.2) is 8.42 Å². The Morgan fingerprint density at radius 2 is 2.03 bits per heavy atom. The number of ether oxygens (including phenoxy) is 2. The third-order valence-corrected chi connectivity index (χ3v) is 6.21. The molecule has 1 aromatic carbocycles. The van der Waals surface area contributed by atoms with Crippen molar-refractivity contribution in [1.29, 1.82) is 0 Å². The minimum Gasteiger partial charge on any atom is -0.492 e. The average Bonchev–Trinajstić information content (AvgIpc) is 3.26. The number of aromatic nitrogens is 3. The third-order valence-electron chi connectivity index (χ3n) is 4.41. The van der Waals surface area contributed by atoms with Gasteiger partial charge in [0.15, 0.2) is 6.10 Å². The van der Waals surface area contributed by atoms with Gasteiger partial charge in [-0.15, -0.1) is 0 Å². The fourth-order valence-electron chi connectivity index (χ4n) is 2.92. The Morgan fingerprint density at radius 1 is 1.17 bits per heavy atom. The fourth-order valence-corrected chi connectivity index (χ4v) is 4.18. The molecule has 0 amide bonds. The Bertz CT molecular complexity index is 1030. The molecule has 1 unspecified atom stereocenters. The van der Waals surface area contributed by atoms with Crippen LogP contribution in [-0.2, 0) is 14.8 Å². The van der Waals surface area contributed by atoms with E-state index in [0.29, 0.717) is 17.1 Å². The number of rotatable bonds is 7. The number of hydrogen-bond donors (Lipinski definition) is 0. The van der Waals surface area contributed by atoms with Crippen LogP contribution < -0.4 is 4.74 Å². The van der Waals surface area contributed by atoms with Gasteiger partial charge in [-0.05, 0) is 24.3 Å². The van der Waals surface area contributed by atoms with Crippen LogP contribution >= 0.6 is 0 Å². The molecular formula is C19H20N4O5S. The molecule has 0 spiro atoms. The van der Waals surface area contributed by atoms with E-state index in [1.54, 1.807) is 30.6 Å². The van der Waals surface area contributed by atoms with Gasteiger partial charge in [0, 0.05) is 31.0 Å². The molecule has 29 heavy (non-hydrogen) atoms. The average molecular weight is 416 g/mol. The number of para-hydroxylation sites is 1. The van der Waals surface area contributed by atoms with Crippen molar-refractivity contribution in [2.45, 2.75) is 6.10 Å². The van der Waals surface area contributed by atoms with Crippen molar-refractivity contribution in [2.75, 3.05) is 32.1 Å². The maximum Gasteiger partial charge on any atom is 0.257 e. The standard InChI is InChI=1S/C19H20N4O5S/c24-29(25,12-11-26-16-6-2-1-3-7-16)23-9-10-27-17(14-23)19-21-18(22-28-19)15-5-4-8-20-13-15/h1-8,13,17H,9-12,14H2. The van der Waals surface area contributed by atoms with Crippen LogP contribution in [0.5, 0.6) is 5.75 Å². The van der Waals surface area contributed by atoms with Gasteiger partial charge < -0.3 is 14.0 Å². The number of pyridine rings is 1. The number of hydrogen-bond acceptors (Lipinski definition) is 8. The third kappa shape index (κ3) is 4.78. The summed E-state index contributed by atoms with van der Waals surface area (Å²) in [5, 5.41) is 3.94. The Morgan fingerprint density at radius 3 is 2.83 bits per heavy atom. The number of sulfonamides is 1. The molecule has 1 aliphatic rings. The molecule has 0 N–H and O–H groups in total. The van der Waals surface area contributed by atoms with Crippen LogP contribution in [0, 0.1) is 0 Å². The first-order valence-electron chi connectivity index (χ1n) is 9.13. The van der Waals surface area contributed by atoms with Gasteiger partial charge in [-0.1, -0.05) is 23.4 Å². The Kier molecular flexibility index (Phi) is 5.84. The SMILES string of the molecule is O=S(=O)(CCOc1ccccc1)N1CCOC(c2nc(-c3cccnc3)no2)C1. The van der Waals surface area contributed by atoms with E-state index in [0.717, 1.165) is 0 Å². The highest BCUT2D eigenvalue weighted by Gasteiger charge is 2.33. The van der Waals surface area contributed by atoms with Crippen molar-refractivity contribution in [3.05, 3.63) is 60.7 Å². The smallest absolute Gasteiger partial charge is 0.257 e. The summed E-state index contributed by atoms with van der Waals surface area (Å²) in [6.07, 6.45) is 2.66. The summed E-state index contributed by atoms with van der Waals surface area (Å²) >= 11 is 0. The zero-order valence-corrected chi connectivity index (χ0v) is 16.4. The number of morpholine rings is 1. The molecule has 10 heteroatoms.